The number of nitrogens with zero attached hydrogens (tertiary/aromatic N) is 5. The molecule has 1 atom stereocenters. The lowest BCUT2D eigenvalue weighted by Crippen LogP contribution is -2.46. The molecule has 10 nitrogen and oxygen atoms in total. The Morgan fingerprint density at radius 3 is 2.61 bits per heavy atom. The quantitative estimate of drug-likeness (QED) is 0.374. The maximum Gasteiger partial charge on any atom is 0.401 e. The second kappa shape index (κ2) is 9.13. The Kier molecular flexibility index (Phi) is 6.47. The molecule has 0 unspecified atom stereocenters. The summed E-state index contributed by atoms with van der Waals surface area (Å²) in [5, 5.41) is 6.02. The van der Waals surface area contributed by atoms with Crippen LogP contribution in [-0.4, -0.2) is 50.8 Å². The first-order valence-electron chi connectivity index (χ1n) is 10.3. The smallest absolute Gasteiger partial charge is 0.306 e. The van der Waals surface area contributed by atoms with Crippen LogP contribution < -0.4 is 15.7 Å². The van der Waals surface area contributed by atoms with E-state index in [2.05, 4.69) is 25.2 Å². The fourth-order valence-electron chi connectivity index (χ4n) is 3.78. The monoisotopic (exact) mass is 533 g/mol. The summed E-state index contributed by atoms with van der Waals surface area (Å²) in [4.78, 5) is 38.2. The van der Waals surface area contributed by atoms with Crippen molar-refractivity contribution in [3.63, 3.8) is 0 Å². The zero-order valence-electron chi connectivity index (χ0n) is 18.5. The lowest BCUT2D eigenvalue weighted by atomic mass is 9.88. The Bertz CT molecular complexity index is 1350. The van der Waals surface area contributed by atoms with Crippen LogP contribution in [0.4, 0.5) is 38.1 Å². The van der Waals surface area contributed by atoms with Crippen molar-refractivity contribution in [3.05, 3.63) is 46.6 Å². The molecule has 0 aliphatic carbocycles. The highest BCUT2D eigenvalue weighted by Crippen LogP contribution is 2.50. The summed E-state index contributed by atoms with van der Waals surface area (Å²) in [5.41, 5.74) is -2.87. The predicted octanol–water partition coefficient (Wildman–Crippen LogP) is 4.27. The Balaban J connectivity index is 1.69. The van der Waals surface area contributed by atoms with Gasteiger partial charge in [0.15, 0.2) is 10.8 Å². The van der Waals surface area contributed by atoms with E-state index in [0.29, 0.717) is 0 Å². The van der Waals surface area contributed by atoms with Crippen molar-refractivity contribution in [2.45, 2.75) is 31.9 Å². The normalized spacial score (nSPS) is 17.5. The number of carbonyl (C=O) groups excluding carboxylic acids is 2. The standard InChI is InChI=1S/C20H17ClF5N7O3/c1-3-36-31-17(34)14-10(16(22)23)4-9(6-28-14)29-18(35)32-8-19(2,20(24,25)26)15-11(32)7-27-13-5-12(21)30-33(13)15/h4-7,16H,3,8H2,1-2H3,(H,29,35)(H,31,34)/t19-/m1/s1. The zero-order chi connectivity index (χ0) is 26.4. The molecule has 0 aromatic carbocycles. The fourth-order valence-corrected chi connectivity index (χ4v) is 3.95. The molecule has 2 N–H and O–H groups in total. The van der Waals surface area contributed by atoms with Crippen LogP contribution in [0.1, 0.15) is 42.0 Å². The second-order valence-corrected chi connectivity index (χ2v) is 8.29. The van der Waals surface area contributed by atoms with Gasteiger partial charge in [-0.3, -0.25) is 14.5 Å². The molecule has 192 valence electrons. The number of hydrogen-bond donors (Lipinski definition) is 2. The number of hydrogen-bond acceptors (Lipinski definition) is 6. The third-order valence-corrected chi connectivity index (χ3v) is 5.71. The first kappa shape index (κ1) is 25.5. The molecule has 36 heavy (non-hydrogen) atoms. The van der Waals surface area contributed by atoms with E-state index in [1.807, 2.05) is 5.48 Å². The molecule has 4 heterocycles. The van der Waals surface area contributed by atoms with E-state index in [4.69, 9.17) is 11.6 Å². The van der Waals surface area contributed by atoms with E-state index in [9.17, 15) is 31.5 Å². The number of pyridine rings is 1. The Morgan fingerprint density at radius 2 is 1.97 bits per heavy atom. The summed E-state index contributed by atoms with van der Waals surface area (Å²) in [6.07, 6.45) is -5.97. The number of nitrogens with one attached hydrogen (secondary N) is 2. The Hall–Kier alpha value is -3.59. The summed E-state index contributed by atoms with van der Waals surface area (Å²) in [6, 6.07) is 0.991. The van der Waals surface area contributed by atoms with Gasteiger partial charge in [0.2, 0.25) is 0 Å². The minimum absolute atomic E-state index is 0.0446. The molecule has 0 saturated carbocycles. The number of carbonyl (C=O) groups is 2. The highest BCUT2D eigenvalue weighted by atomic mass is 35.5. The third kappa shape index (κ3) is 4.28. The van der Waals surface area contributed by atoms with Gasteiger partial charge in [0.05, 0.1) is 41.6 Å². The molecule has 0 fully saturated rings. The summed E-state index contributed by atoms with van der Waals surface area (Å²) < 4.78 is 70.6. The number of urea groups is 1. The van der Waals surface area contributed by atoms with Gasteiger partial charge < -0.3 is 5.32 Å². The lowest BCUT2D eigenvalue weighted by molar-refractivity contribution is -0.181. The highest BCUT2D eigenvalue weighted by Gasteiger charge is 2.60. The van der Waals surface area contributed by atoms with E-state index in [1.165, 1.54) is 6.07 Å². The van der Waals surface area contributed by atoms with E-state index in [1.54, 1.807) is 6.92 Å². The first-order chi connectivity index (χ1) is 16.9. The number of anilines is 2. The lowest BCUT2D eigenvalue weighted by Gasteiger charge is -2.28. The molecule has 0 spiro atoms. The summed E-state index contributed by atoms with van der Waals surface area (Å²) in [5.74, 6) is -1.03. The van der Waals surface area contributed by atoms with E-state index in [-0.39, 0.29) is 34.5 Å². The molecule has 0 bridgehead atoms. The average Bonchev–Trinajstić information content (AvgIpc) is 3.34. The minimum Gasteiger partial charge on any atom is -0.306 e. The Labute approximate surface area is 204 Å². The minimum atomic E-state index is -4.80. The van der Waals surface area contributed by atoms with Crippen molar-refractivity contribution in [2.24, 2.45) is 0 Å². The van der Waals surface area contributed by atoms with Crippen LogP contribution in [0.25, 0.3) is 5.65 Å². The molecule has 0 radical (unpaired) electrons. The number of hydroxylamine groups is 1. The van der Waals surface area contributed by atoms with Crippen LogP contribution in [0, 0.1) is 0 Å². The largest absolute Gasteiger partial charge is 0.401 e. The zero-order valence-corrected chi connectivity index (χ0v) is 19.3. The van der Waals surface area contributed by atoms with E-state index in [0.717, 1.165) is 34.8 Å². The second-order valence-electron chi connectivity index (χ2n) is 7.90. The van der Waals surface area contributed by atoms with Crippen molar-refractivity contribution >= 4 is 40.6 Å². The summed E-state index contributed by atoms with van der Waals surface area (Å²) in [7, 11) is 0. The van der Waals surface area contributed by atoms with Gasteiger partial charge in [-0.05, 0) is 19.9 Å². The number of aromatic nitrogens is 4. The molecule has 4 rings (SSSR count). The van der Waals surface area contributed by atoms with Crippen LogP contribution in [-0.2, 0) is 10.3 Å². The molecule has 0 saturated heterocycles. The van der Waals surface area contributed by atoms with Crippen molar-refractivity contribution < 1.29 is 36.4 Å². The molecular formula is C20H17ClF5N7O3. The number of halogens is 6. The van der Waals surface area contributed by atoms with Gasteiger partial charge in [-0.1, -0.05) is 11.6 Å². The number of fused-ring (bicyclic) bond motifs is 3. The van der Waals surface area contributed by atoms with Gasteiger partial charge in [-0.15, -0.1) is 0 Å². The SMILES string of the molecule is CCONC(=O)c1ncc(NC(=O)N2C[C@@](C)(C(F)(F)F)c3c2cnc2cc(Cl)nn32)cc1C(F)F. The molecule has 16 heteroatoms. The van der Waals surface area contributed by atoms with Crippen LogP contribution in [0.3, 0.4) is 0 Å². The maximum absolute atomic E-state index is 14.2. The van der Waals surface area contributed by atoms with Gasteiger partial charge in [0.25, 0.3) is 12.3 Å². The van der Waals surface area contributed by atoms with Crippen molar-refractivity contribution in [2.75, 3.05) is 23.4 Å². The third-order valence-electron chi connectivity index (χ3n) is 5.52. The molecule has 3 aromatic rings. The van der Waals surface area contributed by atoms with Crippen LogP contribution in [0.5, 0.6) is 0 Å². The van der Waals surface area contributed by atoms with Gasteiger partial charge in [-0.25, -0.2) is 33.5 Å². The summed E-state index contributed by atoms with van der Waals surface area (Å²) >= 11 is 5.85. The first-order valence-corrected chi connectivity index (χ1v) is 10.7. The van der Waals surface area contributed by atoms with Crippen LogP contribution >= 0.6 is 11.6 Å². The van der Waals surface area contributed by atoms with Crippen molar-refractivity contribution in [1.82, 2.24) is 25.1 Å². The van der Waals surface area contributed by atoms with Crippen LogP contribution in [0.2, 0.25) is 5.15 Å². The van der Waals surface area contributed by atoms with Crippen molar-refractivity contribution in [3.8, 4) is 0 Å². The number of amides is 3. The topological polar surface area (TPSA) is 114 Å². The highest BCUT2D eigenvalue weighted by molar-refractivity contribution is 6.29. The van der Waals surface area contributed by atoms with E-state index < -0.39 is 47.8 Å². The number of alkyl halides is 5. The van der Waals surface area contributed by atoms with Crippen molar-refractivity contribution in [1.29, 1.82) is 0 Å². The average molecular weight is 534 g/mol. The molecular weight excluding hydrogens is 517 g/mol. The van der Waals surface area contributed by atoms with Gasteiger partial charge in [0.1, 0.15) is 11.1 Å². The molecule has 1 aliphatic rings. The van der Waals surface area contributed by atoms with Crippen LogP contribution in [0.15, 0.2) is 24.5 Å². The van der Waals surface area contributed by atoms with Gasteiger partial charge in [0, 0.05) is 12.6 Å². The van der Waals surface area contributed by atoms with E-state index >= 15 is 0 Å². The molecule has 3 amide bonds. The number of rotatable bonds is 5. The maximum atomic E-state index is 14.2. The summed E-state index contributed by atoms with van der Waals surface area (Å²) in [6.45, 7) is 1.68. The molecule has 1 aliphatic heterocycles. The Morgan fingerprint density at radius 1 is 1.25 bits per heavy atom. The fraction of sp³-hybridized carbons (Fsp3) is 0.350. The van der Waals surface area contributed by atoms with Gasteiger partial charge in [-0.2, -0.15) is 18.3 Å². The predicted molar refractivity (Wildman–Crippen MR) is 116 cm³/mol. The molecule has 3 aromatic heterocycles. The van der Waals surface area contributed by atoms with Gasteiger partial charge >= 0.3 is 12.2 Å².